The number of methoxy groups -OCH3 is 1. The summed E-state index contributed by atoms with van der Waals surface area (Å²) in [4.78, 5) is 28.0. The van der Waals surface area contributed by atoms with Crippen LogP contribution in [0.5, 0.6) is 11.5 Å². The van der Waals surface area contributed by atoms with Gasteiger partial charge in [0.15, 0.2) is 5.72 Å². The molecule has 0 aromatic heterocycles. The van der Waals surface area contributed by atoms with Gasteiger partial charge in [0.2, 0.25) is 5.91 Å². The Morgan fingerprint density at radius 2 is 2.07 bits per heavy atom. The van der Waals surface area contributed by atoms with Gasteiger partial charge in [-0.2, -0.15) is 0 Å². The minimum absolute atomic E-state index is 0.0784. The third kappa shape index (κ3) is 2.76. The minimum atomic E-state index is -0.682. The zero-order valence-electron chi connectivity index (χ0n) is 16.4. The molecule has 2 heterocycles. The molecule has 28 heavy (non-hydrogen) atoms. The van der Waals surface area contributed by atoms with E-state index >= 15 is 0 Å². The van der Waals surface area contributed by atoms with Crippen LogP contribution < -0.4 is 14.8 Å². The summed E-state index contributed by atoms with van der Waals surface area (Å²) >= 11 is 0. The predicted octanol–water partition coefficient (Wildman–Crippen LogP) is 2.96. The van der Waals surface area contributed by atoms with E-state index in [2.05, 4.69) is 10.2 Å². The number of amides is 2. The molecule has 1 aromatic carbocycles. The van der Waals surface area contributed by atoms with Crippen molar-refractivity contribution in [2.45, 2.75) is 50.7 Å². The van der Waals surface area contributed by atoms with Gasteiger partial charge in [0.1, 0.15) is 11.5 Å². The van der Waals surface area contributed by atoms with Crippen molar-refractivity contribution in [1.29, 1.82) is 0 Å². The molecule has 4 fully saturated rings. The largest absolute Gasteiger partial charge is 0.497 e. The molecule has 1 spiro atoms. The van der Waals surface area contributed by atoms with Crippen LogP contribution in [0.25, 0.3) is 0 Å². The van der Waals surface area contributed by atoms with E-state index in [4.69, 9.17) is 9.47 Å². The zero-order chi connectivity index (χ0) is 19.3. The molecule has 3 saturated carbocycles. The second-order valence-electron chi connectivity index (χ2n) is 8.77. The van der Waals surface area contributed by atoms with Gasteiger partial charge in [0.25, 0.3) is 5.91 Å². The van der Waals surface area contributed by atoms with Crippen LogP contribution in [0.3, 0.4) is 0 Å². The molecule has 1 aromatic rings. The number of ether oxygens (including phenoxy) is 2. The molecular formula is C22H28N2O4. The summed E-state index contributed by atoms with van der Waals surface area (Å²) in [6.45, 7) is 1.80. The Morgan fingerprint density at radius 1 is 1.25 bits per heavy atom. The fourth-order valence-corrected chi connectivity index (χ4v) is 5.77. The number of nitrogens with zero attached hydrogens (tertiary/aromatic N) is 1. The molecule has 2 aliphatic heterocycles. The monoisotopic (exact) mass is 384 g/mol. The van der Waals surface area contributed by atoms with Crippen molar-refractivity contribution in [3.8, 4) is 11.5 Å². The van der Waals surface area contributed by atoms with Crippen molar-refractivity contribution >= 4 is 11.8 Å². The summed E-state index contributed by atoms with van der Waals surface area (Å²) in [7, 11) is 1.61. The summed E-state index contributed by atoms with van der Waals surface area (Å²) in [5.74, 6) is 2.03. The number of benzene rings is 1. The third-order valence-corrected chi connectivity index (χ3v) is 7.25. The van der Waals surface area contributed by atoms with Crippen LogP contribution in [-0.2, 0) is 4.79 Å². The Hall–Kier alpha value is -2.24. The third-order valence-electron chi connectivity index (χ3n) is 7.25. The van der Waals surface area contributed by atoms with Crippen molar-refractivity contribution in [3.05, 3.63) is 23.8 Å². The Bertz CT molecular complexity index is 804. The molecule has 0 unspecified atom stereocenters. The molecule has 6 rings (SSSR count). The first-order chi connectivity index (χ1) is 13.6. The van der Waals surface area contributed by atoms with E-state index in [9.17, 15) is 9.59 Å². The minimum Gasteiger partial charge on any atom is -0.497 e. The van der Waals surface area contributed by atoms with Crippen LogP contribution in [0.15, 0.2) is 18.2 Å². The smallest absolute Gasteiger partial charge is 0.258 e. The molecular weight excluding hydrogens is 356 g/mol. The average Bonchev–Trinajstić information content (AvgIpc) is 2.73. The van der Waals surface area contributed by atoms with Gasteiger partial charge in [-0.1, -0.05) is 0 Å². The standard InChI is InChI=1S/C22H28N2O4/c1-27-16-7-8-17-19(12-16)28-22(23-20(17)25)13-14-5-6-15(22)11-18(14)21(26)24-9-3-2-4-10-24/h7-8,12,14-15,18H,2-6,9-11,13H2,1H3,(H,23,25)/t14-,15-,18+,22-/m1/s1. The van der Waals surface area contributed by atoms with Gasteiger partial charge in [0.05, 0.1) is 12.7 Å². The van der Waals surface area contributed by atoms with Gasteiger partial charge < -0.3 is 19.7 Å². The number of carbonyl (C=O) groups is 2. The van der Waals surface area contributed by atoms with Crippen LogP contribution in [0.1, 0.15) is 55.3 Å². The number of fused-ring (bicyclic) bond motifs is 3. The lowest BCUT2D eigenvalue weighted by Crippen LogP contribution is -2.67. The highest BCUT2D eigenvalue weighted by molar-refractivity contribution is 5.98. The van der Waals surface area contributed by atoms with Gasteiger partial charge in [-0.25, -0.2) is 0 Å². The van der Waals surface area contributed by atoms with Crippen LogP contribution >= 0.6 is 0 Å². The van der Waals surface area contributed by atoms with Gasteiger partial charge >= 0.3 is 0 Å². The van der Waals surface area contributed by atoms with E-state index in [1.165, 1.54) is 6.42 Å². The van der Waals surface area contributed by atoms with Gasteiger partial charge in [-0.15, -0.1) is 0 Å². The van der Waals surface area contributed by atoms with E-state index in [0.717, 1.165) is 45.2 Å². The van der Waals surface area contributed by atoms with Crippen molar-refractivity contribution in [2.24, 2.45) is 17.8 Å². The van der Waals surface area contributed by atoms with E-state index in [1.54, 1.807) is 25.3 Å². The van der Waals surface area contributed by atoms with E-state index in [1.807, 2.05) is 0 Å². The lowest BCUT2D eigenvalue weighted by atomic mass is 9.59. The Kier molecular flexibility index (Phi) is 4.25. The molecule has 5 aliphatic rings. The molecule has 2 amide bonds. The first-order valence-corrected chi connectivity index (χ1v) is 10.6. The Labute approximate surface area is 165 Å². The Morgan fingerprint density at radius 3 is 2.79 bits per heavy atom. The number of likely N-dealkylation sites (tertiary alicyclic amines) is 1. The molecule has 1 saturated heterocycles. The fourth-order valence-electron chi connectivity index (χ4n) is 5.77. The number of rotatable bonds is 2. The lowest BCUT2D eigenvalue weighted by Gasteiger charge is -2.55. The summed E-state index contributed by atoms with van der Waals surface area (Å²) in [5.41, 5.74) is -0.133. The average molecular weight is 384 g/mol. The van der Waals surface area contributed by atoms with Crippen molar-refractivity contribution in [3.63, 3.8) is 0 Å². The highest BCUT2D eigenvalue weighted by Gasteiger charge is 2.57. The number of hydrogen-bond acceptors (Lipinski definition) is 4. The van der Waals surface area contributed by atoms with Crippen molar-refractivity contribution < 1.29 is 19.1 Å². The van der Waals surface area contributed by atoms with Crippen LogP contribution in [0.4, 0.5) is 0 Å². The molecule has 0 radical (unpaired) electrons. The molecule has 6 nitrogen and oxygen atoms in total. The Balaban J connectivity index is 1.38. The molecule has 6 heteroatoms. The molecule has 2 bridgehead atoms. The SMILES string of the molecule is COc1ccc2c(c1)O[C@@]1(C[C@H]3CC[C@@H]1C[C@@H]3C(=O)N1CCCCC1)NC2=O. The second-order valence-corrected chi connectivity index (χ2v) is 8.77. The maximum atomic E-state index is 13.1. The second kappa shape index (κ2) is 6.68. The number of hydrogen-bond donors (Lipinski definition) is 1. The predicted molar refractivity (Wildman–Crippen MR) is 103 cm³/mol. The maximum Gasteiger partial charge on any atom is 0.258 e. The summed E-state index contributed by atoms with van der Waals surface area (Å²) in [6, 6.07) is 5.33. The topological polar surface area (TPSA) is 67.9 Å². The number of nitrogens with one attached hydrogen (secondary N) is 1. The van der Waals surface area contributed by atoms with E-state index in [-0.39, 0.29) is 23.7 Å². The van der Waals surface area contributed by atoms with Crippen LogP contribution in [0.2, 0.25) is 0 Å². The van der Waals surface area contributed by atoms with E-state index < -0.39 is 5.72 Å². The fraction of sp³-hybridized carbons (Fsp3) is 0.636. The normalized spacial score (nSPS) is 33.8. The number of carbonyl (C=O) groups excluding carboxylic acids is 2. The highest BCUT2D eigenvalue weighted by atomic mass is 16.5. The molecule has 150 valence electrons. The van der Waals surface area contributed by atoms with Gasteiger partial charge in [-0.05, 0) is 56.6 Å². The van der Waals surface area contributed by atoms with Crippen LogP contribution in [-0.4, -0.2) is 42.6 Å². The zero-order valence-corrected chi connectivity index (χ0v) is 16.4. The number of piperidine rings is 1. The van der Waals surface area contributed by atoms with Gasteiger partial charge in [-0.3, -0.25) is 9.59 Å². The summed E-state index contributed by atoms with van der Waals surface area (Å²) in [6.07, 6.45) is 7.02. The van der Waals surface area contributed by atoms with Crippen molar-refractivity contribution in [2.75, 3.05) is 20.2 Å². The molecule has 1 N–H and O–H groups in total. The van der Waals surface area contributed by atoms with Crippen molar-refractivity contribution in [1.82, 2.24) is 10.2 Å². The first kappa shape index (κ1) is 17.8. The first-order valence-electron chi connectivity index (χ1n) is 10.6. The molecule has 3 aliphatic carbocycles. The highest BCUT2D eigenvalue weighted by Crippen LogP contribution is 2.53. The summed E-state index contributed by atoms with van der Waals surface area (Å²) in [5, 5.41) is 3.17. The molecule has 4 atom stereocenters. The summed E-state index contributed by atoms with van der Waals surface area (Å²) < 4.78 is 11.8. The lowest BCUT2D eigenvalue weighted by molar-refractivity contribution is -0.156. The maximum absolute atomic E-state index is 13.1. The van der Waals surface area contributed by atoms with E-state index in [0.29, 0.717) is 29.4 Å². The van der Waals surface area contributed by atoms with Gasteiger partial charge in [0, 0.05) is 37.4 Å². The van der Waals surface area contributed by atoms with Crippen LogP contribution in [0, 0.1) is 17.8 Å². The quantitative estimate of drug-likeness (QED) is 0.851.